The van der Waals surface area contributed by atoms with Gasteiger partial charge in [-0.2, -0.15) is 0 Å². The van der Waals surface area contributed by atoms with Gasteiger partial charge < -0.3 is 10.6 Å². The second kappa shape index (κ2) is 7.18. The SMILES string of the molecule is CCN(CCCF)C1CCCCC1CN. The van der Waals surface area contributed by atoms with Crippen molar-refractivity contribution in [3.63, 3.8) is 0 Å². The van der Waals surface area contributed by atoms with Gasteiger partial charge in [-0.05, 0) is 38.3 Å². The highest BCUT2D eigenvalue weighted by atomic mass is 19.1. The van der Waals surface area contributed by atoms with E-state index in [1.165, 1.54) is 25.7 Å². The van der Waals surface area contributed by atoms with Crippen LogP contribution in [0.4, 0.5) is 4.39 Å². The number of hydrogen-bond donors (Lipinski definition) is 1. The first kappa shape index (κ1) is 12.9. The summed E-state index contributed by atoms with van der Waals surface area (Å²) in [7, 11) is 0. The fourth-order valence-corrected chi connectivity index (χ4v) is 2.77. The molecule has 0 heterocycles. The summed E-state index contributed by atoms with van der Waals surface area (Å²) in [6, 6.07) is 0.611. The average molecular weight is 216 g/mol. The van der Waals surface area contributed by atoms with E-state index in [0.29, 0.717) is 18.4 Å². The fourth-order valence-electron chi connectivity index (χ4n) is 2.77. The number of nitrogens with two attached hydrogens (primary N) is 1. The highest BCUT2D eigenvalue weighted by Gasteiger charge is 2.27. The topological polar surface area (TPSA) is 29.3 Å². The molecule has 0 spiro atoms. The summed E-state index contributed by atoms with van der Waals surface area (Å²) in [4.78, 5) is 2.43. The Morgan fingerprint density at radius 1 is 1.33 bits per heavy atom. The number of hydrogen-bond acceptors (Lipinski definition) is 2. The molecule has 2 nitrogen and oxygen atoms in total. The van der Waals surface area contributed by atoms with Gasteiger partial charge in [0.15, 0.2) is 0 Å². The van der Waals surface area contributed by atoms with E-state index in [-0.39, 0.29) is 6.67 Å². The van der Waals surface area contributed by atoms with Crippen LogP contribution in [0.15, 0.2) is 0 Å². The van der Waals surface area contributed by atoms with Crippen molar-refractivity contribution >= 4 is 0 Å². The first-order valence-electron chi connectivity index (χ1n) is 6.33. The molecule has 0 aromatic carbocycles. The Labute approximate surface area is 93.0 Å². The summed E-state index contributed by atoms with van der Waals surface area (Å²) in [5, 5.41) is 0. The second-order valence-corrected chi connectivity index (χ2v) is 4.52. The fraction of sp³-hybridized carbons (Fsp3) is 1.00. The largest absolute Gasteiger partial charge is 0.330 e. The highest BCUT2D eigenvalue weighted by Crippen LogP contribution is 2.27. The van der Waals surface area contributed by atoms with Crippen molar-refractivity contribution < 1.29 is 4.39 Å². The van der Waals surface area contributed by atoms with Crippen molar-refractivity contribution in [1.82, 2.24) is 4.90 Å². The minimum atomic E-state index is -0.198. The van der Waals surface area contributed by atoms with Crippen LogP contribution in [0.25, 0.3) is 0 Å². The zero-order valence-electron chi connectivity index (χ0n) is 9.92. The van der Waals surface area contributed by atoms with E-state index in [9.17, 15) is 4.39 Å². The molecule has 1 rings (SSSR count). The van der Waals surface area contributed by atoms with Crippen LogP contribution in [0.3, 0.4) is 0 Å². The van der Waals surface area contributed by atoms with Crippen molar-refractivity contribution in [3.8, 4) is 0 Å². The van der Waals surface area contributed by atoms with E-state index >= 15 is 0 Å². The van der Waals surface area contributed by atoms with Crippen molar-refractivity contribution in [2.45, 2.75) is 45.1 Å². The molecule has 1 aliphatic rings. The zero-order chi connectivity index (χ0) is 11.1. The van der Waals surface area contributed by atoms with Gasteiger partial charge in [-0.1, -0.05) is 19.8 Å². The van der Waals surface area contributed by atoms with Crippen LogP contribution in [-0.4, -0.2) is 37.3 Å². The maximum absolute atomic E-state index is 12.2. The number of alkyl halides is 1. The maximum atomic E-state index is 12.2. The molecule has 2 N–H and O–H groups in total. The number of halogens is 1. The third kappa shape index (κ3) is 3.72. The Hall–Kier alpha value is -0.150. The second-order valence-electron chi connectivity index (χ2n) is 4.52. The number of rotatable bonds is 6. The van der Waals surface area contributed by atoms with Crippen LogP contribution in [0.5, 0.6) is 0 Å². The van der Waals surface area contributed by atoms with Crippen LogP contribution in [0, 0.1) is 5.92 Å². The van der Waals surface area contributed by atoms with Gasteiger partial charge in [0.25, 0.3) is 0 Å². The van der Waals surface area contributed by atoms with Crippen LogP contribution in [0.1, 0.15) is 39.0 Å². The van der Waals surface area contributed by atoms with Crippen LogP contribution < -0.4 is 5.73 Å². The Morgan fingerprint density at radius 3 is 2.67 bits per heavy atom. The van der Waals surface area contributed by atoms with Crippen molar-refractivity contribution in [2.75, 3.05) is 26.3 Å². The Kier molecular flexibility index (Phi) is 6.18. The van der Waals surface area contributed by atoms with Gasteiger partial charge in [-0.3, -0.25) is 4.39 Å². The first-order valence-corrected chi connectivity index (χ1v) is 6.33. The lowest BCUT2D eigenvalue weighted by Crippen LogP contribution is -2.45. The van der Waals surface area contributed by atoms with Gasteiger partial charge in [0.2, 0.25) is 0 Å². The molecule has 2 atom stereocenters. The van der Waals surface area contributed by atoms with E-state index in [4.69, 9.17) is 5.73 Å². The molecule has 0 aromatic heterocycles. The third-order valence-corrected chi connectivity index (χ3v) is 3.63. The molecule has 3 heteroatoms. The molecule has 0 amide bonds. The summed E-state index contributed by atoms with van der Waals surface area (Å²) < 4.78 is 12.2. The molecule has 1 fully saturated rings. The molecule has 1 saturated carbocycles. The molecule has 0 bridgehead atoms. The quantitative estimate of drug-likeness (QED) is 0.737. The van der Waals surface area contributed by atoms with E-state index in [1.54, 1.807) is 0 Å². The smallest absolute Gasteiger partial charge is 0.0906 e. The monoisotopic (exact) mass is 216 g/mol. The average Bonchev–Trinajstić information content (AvgIpc) is 2.30. The van der Waals surface area contributed by atoms with Gasteiger partial charge in [-0.15, -0.1) is 0 Å². The minimum Gasteiger partial charge on any atom is -0.330 e. The van der Waals surface area contributed by atoms with Crippen molar-refractivity contribution in [1.29, 1.82) is 0 Å². The standard InChI is InChI=1S/C12H25FN2/c1-2-15(9-5-8-13)12-7-4-3-6-11(12)10-14/h11-12H,2-10,14H2,1H3. The molecule has 2 unspecified atom stereocenters. The lowest BCUT2D eigenvalue weighted by atomic mass is 9.83. The molecule has 0 saturated heterocycles. The van der Waals surface area contributed by atoms with Gasteiger partial charge in [0.05, 0.1) is 6.67 Å². The van der Waals surface area contributed by atoms with E-state index < -0.39 is 0 Å². The lowest BCUT2D eigenvalue weighted by molar-refractivity contribution is 0.109. The van der Waals surface area contributed by atoms with Crippen molar-refractivity contribution in [2.24, 2.45) is 11.7 Å². The third-order valence-electron chi connectivity index (χ3n) is 3.63. The predicted molar refractivity (Wildman–Crippen MR) is 62.6 cm³/mol. The summed E-state index contributed by atoms with van der Waals surface area (Å²) in [6.45, 7) is 4.68. The highest BCUT2D eigenvalue weighted by molar-refractivity contribution is 4.83. The predicted octanol–water partition coefficient (Wildman–Crippen LogP) is 2.19. The van der Waals surface area contributed by atoms with E-state index in [1.807, 2.05) is 0 Å². The van der Waals surface area contributed by atoms with Gasteiger partial charge in [0.1, 0.15) is 0 Å². The summed E-state index contributed by atoms with van der Waals surface area (Å²) in [6.07, 6.45) is 5.81. The van der Waals surface area contributed by atoms with E-state index in [2.05, 4.69) is 11.8 Å². The molecular formula is C12H25FN2. The molecule has 15 heavy (non-hydrogen) atoms. The summed E-state index contributed by atoms with van der Waals surface area (Å²) in [5.41, 5.74) is 5.81. The van der Waals surface area contributed by atoms with Crippen LogP contribution in [-0.2, 0) is 0 Å². The van der Waals surface area contributed by atoms with Gasteiger partial charge in [-0.25, -0.2) is 0 Å². The van der Waals surface area contributed by atoms with E-state index in [0.717, 1.165) is 19.6 Å². The first-order chi connectivity index (χ1) is 7.33. The molecular weight excluding hydrogens is 191 g/mol. The van der Waals surface area contributed by atoms with Crippen LogP contribution in [0.2, 0.25) is 0 Å². The minimum absolute atomic E-state index is 0.198. The van der Waals surface area contributed by atoms with Gasteiger partial charge in [0, 0.05) is 12.6 Å². The molecule has 0 aromatic rings. The zero-order valence-corrected chi connectivity index (χ0v) is 9.92. The Balaban J connectivity index is 2.47. The maximum Gasteiger partial charge on any atom is 0.0906 e. The van der Waals surface area contributed by atoms with Crippen molar-refractivity contribution in [3.05, 3.63) is 0 Å². The lowest BCUT2D eigenvalue weighted by Gasteiger charge is -2.39. The Bertz CT molecular complexity index is 164. The normalized spacial score (nSPS) is 27.2. The molecule has 0 aliphatic heterocycles. The van der Waals surface area contributed by atoms with Gasteiger partial charge >= 0.3 is 0 Å². The Morgan fingerprint density at radius 2 is 2.07 bits per heavy atom. The molecule has 90 valence electrons. The summed E-state index contributed by atoms with van der Waals surface area (Å²) >= 11 is 0. The van der Waals surface area contributed by atoms with Crippen LogP contribution >= 0.6 is 0 Å². The molecule has 1 aliphatic carbocycles. The number of nitrogens with zero attached hydrogens (tertiary/aromatic N) is 1. The molecule has 0 radical (unpaired) electrons. The summed E-state index contributed by atoms with van der Waals surface area (Å²) in [5.74, 6) is 0.637.